The van der Waals surface area contributed by atoms with E-state index in [9.17, 15) is 19.2 Å². The molecule has 0 unspecified atom stereocenters. The molecule has 0 radical (unpaired) electrons. The zero-order valence-corrected chi connectivity index (χ0v) is 19.7. The maximum absolute atomic E-state index is 12.7. The Bertz CT molecular complexity index is 1030. The van der Waals surface area contributed by atoms with Gasteiger partial charge in [0.25, 0.3) is 5.91 Å². The molecule has 10 nitrogen and oxygen atoms in total. The summed E-state index contributed by atoms with van der Waals surface area (Å²) < 4.78 is 4.58. The van der Waals surface area contributed by atoms with Crippen LogP contribution in [0.1, 0.15) is 33.5 Å². The zero-order valence-electron chi connectivity index (χ0n) is 19.7. The number of hydrogen-bond acceptors (Lipinski definition) is 6. The van der Waals surface area contributed by atoms with Crippen LogP contribution in [0.4, 0.5) is 4.79 Å². The number of hydrogen-bond donors (Lipinski definition) is 2. The van der Waals surface area contributed by atoms with Gasteiger partial charge in [-0.25, -0.2) is 10.2 Å². The van der Waals surface area contributed by atoms with Gasteiger partial charge in [-0.05, 0) is 31.5 Å². The lowest BCUT2D eigenvalue weighted by atomic mass is 10.1. The van der Waals surface area contributed by atoms with Crippen LogP contribution in [0, 0.1) is 13.8 Å². The van der Waals surface area contributed by atoms with E-state index in [0.717, 1.165) is 21.6 Å². The smallest absolute Gasteiger partial charge is 0.323 e. The number of urea groups is 1. The number of nitrogens with one attached hydrogen (secondary N) is 2. The second-order valence-corrected chi connectivity index (χ2v) is 7.64. The Balaban J connectivity index is 2.21. The molecule has 0 saturated carbocycles. The molecular formula is C24H29N5O5. The molecule has 2 aromatic rings. The Kier molecular flexibility index (Phi) is 9.75. The topological polar surface area (TPSA) is 120 Å². The van der Waals surface area contributed by atoms with Crippen LogP contribution in [0.2, 0.25) is 0 Å². The molecule has 34 heavy (non-hydrogen) atoms. The lowest BCUT2D eigenvalue weighted by molar-refractivity contribution is -0.140. The number of esters is 1. The molecule has 2 rings (SSSR count). The van der Waals surface area contributed by atoms with Gasteiger partial charge in [0.1, 0.15) is 0 Å². The maximum atomic E-state index is 12.7. The average Bonchev–Trinajstić information content (AvgIpc) is 2.84. The first-order valence-corrected chi connectivity index (χ1v) is 10.5. The second-order valence-electron chi connectivity index (χ2n) is 7.64. The summed E-state index contributed by atoms with van der Waals surface area (Å²) in [5, 5.41) is 6.52. The van der Waals surface area contributed by atoms with Crippen LogP contribution >= 0.6 is 0 Å². The number of nitrogens with zero attached hydrogens (tertiary/aromatic N) is 3. The molecule has 0 saturated heterocycles. The molecule has 0 aromatic heterocycles. The Morgan fingerprint density at radius 3 is 2.15 bits per heavy atom. The van der Waals surface area contributed by atoms with E-state index in [0.29, 0.717) is 12.0 Å². The lowest BCUT2D eigenvalue weighted by Gasteiger charge is -2.23. The monoisotopic (exact) mass is 467 g/mol. The minimum Gasteiger partial charge on any atom is -0.469 e. The fourth-order valence-corrected chi connectivity index (χ4v) is 2.74. The zero-order chi connectivity index (χ0) is 25.1. The summed E-state index contributed by atoms with van der Waals surface area (Å²) in [5.41, 5.74) is 5.59. The first-order chi connectivity index (χ1) is 16.2. The highest BCUT2D eigenvalue weighted by molar-refractivity contribution is 6.01. The number of benzene rings is 2. The lowest BCUT2D eigenvalue weighted by Crippen LogP contribution is -2.49. The molecule has 180 valence electrons. The van der Waals surface area contributed by atoms with Gasteiger partial charge in [-0.3, -0.25) is 24.6 Å². The van der Waals surface area contributed by atoms with Crippen molar-refractivity contribution in [2.75, 3.05) is 20.7 Å². The van der Waals surface area contributed by atoms with Crippen molar-refractivity contribution in [3.8, 4) is 0 Å². The number of rotatable bonds is 8. The molecule has 0 aliphatic rings. The highest BCUT2D eigenvalue weighted by Gasteiger charge is 2.19. The Morgan fingerprint density at radius 1 is 1.00 bits per heavy atom. The van der Waals surface area contributed by atoms with Gasteiger partial charge >= 0.3 is 12.0 Å². The van der Waals surface area contributed by atoms with E-state index in [2.05, 4.69) is 20.6 Å². The third-order valence-corrected chi connectivity index (χ3v) is 4.89. The Labute approximate surface area is 198 Å². The van der Waals surface area contributed by atoms with Crippen molar-refractivity contribution >= 4 is 30.3 Å². The minimum absolute atomic E-state index is 0.00217. The molecule has 0 aliphatic heterocycles. The third-order valence-electron chi connectivity index (χ3n) is 4.89. The number of aryl methyl sites for hydroxylation is 2. The molecule has 2 aromatic carbocycles. The van der Waals surface area contributed by atoms with Gasteiger partial charge < -0.3 is 9.64 Å². The van der Waals surface area contributed by atoms with Crippen LogP contribution in [-0.4, -0.2) is 60.8 Å². The highest BCUT2D eigenvalue weighted by atomic mass is 16.5. The van der Waals surface area contributed by atoms with Crippen molar-refractivity contribution in [1.29, 1.82) is 0 Å². The molecule has 2 N–H and O–H groups in total. The summed E-state index contributed by atoms with van der Waals surface area (Å²) in [7, 11) is 2.74. The molecular weight excluding hydrogens is 438 g/mol. The molecule has 10 heteroatoms. The van der Waals surface area contributed by atoms with Crippen molar-refractivity contribution in [3.05, 3.63) is 70.8 Å². The van der Waals surface area contributed by atoms with Gasteiger partial charge in [0.2, 0.25) is 12.4 Å². The van der Waals surface area contributed by atoms with E-state index in [1.165, 1.54) is 19.1 Å². The van der Waals surface area contributed by atoms with Crippen LogP contribution in [0.25, 0.3) is 0 Å². The second kappa shape index (κ2) is 12.7. The predicted octanol–water partition coefficient (Wildman–Crippen LogP) is 2.17. The number of carbonyl (C=O) groups is 4. The van der Waals surface area contributed by atoms with Gasteiger partial charge in [-0.1, -0.05) is 47.5 Å². The number of methoxy groups -OCH3 is 1. The minimum atomic E-state index is -0.622. The summed E-state index contributed by atoms with van der Waals surface area (Å²) in [6.07, 6.45) is 0.503. The largest absolute Gasteiger partial charge is 0.469 e. The standard InChI is InChI=1S/C24H29N5O5/c1-17-5-9-19(10-6-17)15-29(16-30)23(25-24(33)28(3)14-13-21(31)34-4)27-26-22(32)20-11-7-18(2)8-12-20/h5-12,16H,13-15H2,1-4H3,(H,26,32)(H,25,27,33). The predicted molar refractivity (Wildman–Crippen MR) is 127 cm³/mol. The molecule has 0 fully saturated rings. The number of ether oxygens (including phenoxy) is 1. The summed E-state index contributed by atoms with van der Waals surface area (Å²) in [4.78, 5) is 50.8. The van der Waals surface area contributed by atoms with Crippen LogP contribution in [-0.2, 0) is 20.9 Å². The molecule has 0 bridgehead atoms. The summed E-state index contributed by atoms with van der Waals surface area (Å²) >= 11 is 0. The van der Waals surface area contributed by atoms with Crippen molar-refractivity contribution in [1.82, 2.24) is 20.5 Å². The van der Waals surface area contributed by atoms with Gasteiger partial charge in [0.15, 0.2) is 0 Å². The number of amides is 4. The van der Waals surface area contributed by atoms with Crippen LogP contribution in [0.15, 0.2) is 53.6 Å². The van der Waals surface area contributed by atoms with Gasteiger partial charge in [-0.15, -0.1) is 5.10 Å². The number of guanidine groups is 1. The molecule has 0 heterocycles. The molecule has 0 atom stereocenters. The van der Waals surface area contributed by atoms with E-state index in [-0.39, 0.29) is 25.5 Å². The average molecular weight is 468 g/mol. The van der Waals surface area contributed by atoms with Crippen molar-refractivity contribution in [3.63, 3.8) is 0 Å². The van der Waals surface area contributed by atoms with E-state index < -0.39 is 17.9 Å². The number of hydrazone groups is 1. The van der Waals surface area contributed by atoms with Crippen LogP contribution < -0.4 is 10.7 Å². The van der Waals surface area contributed by atoms with Gasteiger partial charge in [0.05, 0.1) is 20.1 Å². The highest BCUT2D eigenvalue weighted by Crippen LogP contribution is 2.07. The normalized spacial score (nSPS) is 10.8. The first kappa shape index (κ1) is 26.0. The third kappa shape index (κ3) is 8.05. The van der Waals surface area contributed by atoms with Gasteiger partial charge in [0, 0.05) is 19.2 Å². The van der Waals surface area contributed by atoms with E-state index in [1.807, 2.05) is 38.1 Å². The van der Waals surface area contributed by atoms with Gasteiger partial charge in [-0.2, -0.15) is 0 Å². The van der Waals surface area contributed by atoms with Crippen molar-refractivity contribution in [2.24, 2.45) is 5.10 Å². The van der Waals surface area contributed by atoms with E-state index in [1.54, 1.807) is 24.3 Å². The Hall–Kier alpha value is -4.21. The van der Waals surface area contributed by atoms with E-state index in [4.69, 9.17) is 0 Å². The number of carbonyl (C=O) groups excluding carboxylic acids is 4. The summed E-state index contributed by atoms with van der Waals surface area (Å²) in [5.74, 6) is -1.15. The quantitative estimate of drug-likeness (QED) is 0.203. The fraction of sp³-hybridized carbons (Fsp3) is 0.292. The summed E-state index contributed by atoms with van der Waals surface area (Å²) in [6, 6.07) is 13.7. The first-order valence-electron chi connectivity index (χ1n) is 10.5. The van der Waals surface area contributed by atoms with Crippen molar-refractivity contribution in [2.45, 2.75) is 26.8 Å². The Morgan fingerprint density at radius 2 is 1.59 bits per heavy atom. The SMILES string of the molecule is COC(=O)CCN(C)C(=O)N/C(=N\NC(=O)c1ccc(C)cc1)N(C=O)Cc1ccc(C)cc1. The van der Waals surface area contributed by atoms with Crippen molar-refractivity contribution < 1.29 is 23.9 Å². The maximum Gasteiger partial charge on any atom is 0.323 e. The van der Waals surface area contributed by atoms with Crippen LogP contribution in [0.5, 0.6) is 0 Å². The van der Waals surface area contributed by atoms with Crippen LogP contribution in [0.3, 0.4) is 0 Å². The van der Waals surface area contributed by atoms with E-state index >= 15 is 0 Å². The molecule has 0 spiro atoms. The fourth-order valence-electron chi connectivity index (χ4n) is 2.74. The molecule has 4 amide bonds. The molecule has 0 aliphatic carbocycles. The summed E-state index contributed by atoms with van der Waals surface area (Å²) in [6.45, 7) is 4.03.